The summed E-state index contributed by atoms with van der Waals surface area (Å²) < 4.78 is 18.3. The molecule has 1 aromatic heterocycles. The SMILES string of the molecule is COC(=O)c1cc(NCc2cscn2)c(F)cc1N. The van der Waals surface area contributed by atoms with E-state index in [1.54, 1.807) is 5.51 Å². The summed E-state index contributed by atoms with van der Waals surface area (Å²) in [7, 11) is 1.24. The highest BCUT2D eigenvalue weighted by atomic mass is 32.1. The molecule has 7 heteroatoms. The maximum atomic E-state index is 13.7. The van der Waals surface area contributed by atoms with E-state index >= 15 is 0 Å². The van der Waals surface area contributed by atoms with Crippen molar-refractivity contribution in [1.29, 1.82) is 0 Å². The molecule has 0 spiro atoms. The summed E-state index contributed by atoms with van der Waals surface area (Å²) in [5.41, 5.74) is 8.42. The minimum Gasteiger partial charge on any atom is -0.465 e. The highest BCUT2D eigenvalue weighted by molar-refractivity contribution is 7.07. The van der Waals surface area contributed by atoms with Crippen LogP contribution in [0, 0.1) is 5.82 Å². The van der Waals surface area contributed by atoms with E-state index in [2.05, 4.69) is 15.0 Å². The second-order valence-electron chi connectivity index (χ2n) is 3.74. The third-order valence-electron chi connectivity index (χ3n) is 2.49. The number of hydrogen-bond acceptors (Lipinski definition) is 6. The summed E-state index contributed by atoms with van der Waals surface area (Å²) in [6.07, 6.45) is 0. The Labute approximate surface area is 113 Å². The van der Waals surface area contributed by atoms with Gasteiger partial charge in [-0.25, -0.2) is 14.2 Å². The fraction of sp³-hybridized carbons (Fsp3) is 0.167. The number of benzene rings is 1. The summed E-state index contributed by atoms with van der Waals surface area (Å²) in [4.78, 5) is 15.5. The molecule has 1 aromatic carbocycles. The van der Waals surface area contributed by atoms with Crippen LogP contribution in [0.5, 0.6) is 0 Å². The van der Waals surface area contributed by atoms with E-state index in [9.17, 15) is 9.18 Å². The zero-order chi connectivity index (χ0) is 13.8. The van der Waals surface area contributed by atoms with Crippen molar-refractivity contribution in [2.75, 3.05) is 18.2 Å². The van der Waals surface area contributed by atoms with Crippen molar-refractivity contribution in [2.24, 2.45) is 0 Å². The molecule has 0 amide bonds. The molecule has 19 heavy (non-hydrogen) atoms. The number of anilines is 2. The van der Waals surface area contributed by atoms with Crippen LogP contribution in [-0.4, -0.2) is 18.1 Å². The second-order valence-corrected chi connectivity index (χ2v) is 4.46. The molecule has 2 aromatic rings. The number of carbonyl (C=O) groups excluding carboxylic acids is 1. The number of methoxy groups -OCH3 is 1. The number of nitrogen functional groups attached to an aromatic ring is 1. The molecule has 0 aliphatic rings. The van der Waals surface area contributed by atoms with Gasteiger partial charge in [0.05, 0.1) is 36.1 Å². The van der Waals surface area contributed by atoms with Crippen molar-refractivity contribution in [3.8, 4) is 0 Å². The van der Waals surface area contributed by atoms with Crippen LogP contribution < -0.4 is 11.1 Å². The summed E-state index contributed by atoms with van der Waals surface area (Å²) in [6, 6.07) is 2.43. The molecule has 0 aliphatic heterocycles. The lowest BCUT2D eigenvalue weighted by Crippen LogP contribution is -2.09. The maximum absolute atomic E-state index is 13.7. The number of halogens is 1. The minimum atomic E-state index is -0.603. The lowest BCUT2D eigenvalue weighted by atomic mass is 10.1. The lowest BCUT2D eigenvalue weighted by molar-refractivity contribution is 0.0602. The van der Waals surface area contributed by atoms with Crippen LogP contribution in [0.3, 0.4) is 0 Å². The first-order chi connectivity index (χ1) is 9.11. The van der Waals surface area contributed by atoms with Crippen molar-refractivity contribution in [1.82, 2.24) is 4.98 Å². The van der Waals surface area contributed by atoms with E-state index < -0.39 is 11.8 Å². The molecule has 2 rings (SSSR count). The number of rotatable bonds is 4. The van der Waals surface area contributed by atoms with E-state index in [1.165, 1.54) is 24.5 Å². The Bertz CT molecular complexity index is 587. The quantitative estimate of drug-likeness (QED) is 0.664. The monoisotopic (exact) mass is 281 g/mol. The number of nitrogens with two attached hydrogens (primary N) is 1. The van der Waals surface area contributed by atoms with Crippen LogP contribution in [0.2, 0.25) is 0 Å². The lowest BCUT2D eigenvalue weighted by Gasteiger charge is -2.10. The third-order valence-corrected chi connectivity index (χ3v) is 3.12. The van der Waals surface area contributed by atoms with Crippen LogP contribution in [-0.2, 0) is 11.3 Å². The van der Waals surface area contributed by atoms with E-state index in [0.29, 0.717) is 6.54 Å². The van der Waals surface area contributed by atoms with Crippen LogP contribution in [0.1, 0.15) is 16.1 Å². The van der Waals surface area contributed by atoms with Gasteiger partial charge < -0.3 is 15.8 Å². The Hall–Kier alpha value is -2.15. The molecule has 0 saturated carbocycles. The Morgan fingerprint density at radius 1 is 1.58 bits per heavy atom. The standard InChI is InChI=1S/C12H12FN3O2S/c1-18-12(17)8-2-11(9(13)3-10(8)14)15-4-7-5-19-6-16-7/h2-3,5-6,15H,4,14H2,1H3. The van der Waals surface area contributed by atoms with Crippen LogP contribution in [0.4, 0.5) is 15.8 Å². The fourth-order valence-corrected chi connectivity index (χ4v) is 2.08. The van der Waals surface area contributed by atoms with Gasteiger partial charge in [0, 0.05) is 11.1 Å². The number of nitrogens with one attached hydrogen (secondary N) is 1. The van der Waals surface area contributed by atoms with Crippen molar-refractivity contribution in [3.63, 3.8) is 0 Å². The first-order valence-electron chi connectivity index (χ1n) is 5.40. The maximum Gasteiger partial charge on any atom is 0.340 e. The number of esters is 1. The van der Waals surface area contributed by atoms with Gasteiger partial charge in [0.15, 0.2) is 0 Å². The first kappa shape index (κ1) is 13.3. The average molecular weight is 281 g/mol. The zero-order valence-corrected chi connectivity index (χ0v) is 11.0. The van der Waals surface area contributed by atoms with Crippen molar-refractivity contribution in [3.05, 3.63) is 40.1 Å². The molecule has 0 radical (unpaired) electrons. The van der Waals surface area contributed by atoms with Gasteiger partial charge in [-0.05, 0) is 12.1 Å². The van der Waals surface area contributed by atoms with Gasteiger partial charge in [0.1, 0.15) is 5.82 Å². The Kier molecular flexibility index (Phi) is 3.96. The molecule has 0 atom stereocenters. The number of thiazole rings is 1. The summed E-state index contributed by atoms with van der Waals surface area (Å²) in [5, 5.41) is 4.72. The van der Waals surface area contributed by atoms with Gasteiger partial charge in [-0.15, -0.1) is 11.3 Å². The predicted octanol–water partition coefficient (Wildman–Crippen LogP) is 2.26. The van der Waals surface area contributed by atoms with Gasteiger partial charge in [0.25, 0.3) is 0 Å². The molecule has 0 fully saturated rings. The highest BCUT2D eigenvalue weighted by Crippen LogP contribution is 2.23. The first-order valence-corrected chi connectivity index (χ1v) is 6.34. The number of aromatic nitrogens is 1. The van der Waals surface area contributed by atoms with E-state index in [1.807, 2.05) is 5.38 Å². The third kappa shape index (κ3) is 3.00. The largest absolute Gasteiger partial charge is 0.465 e. The minimum absolute atomic E-state index is 0.0450. The van der Waals surface area contributed by atoms with E-state index in [0.717, 1.165) is 11.8 Å². The molecule has 0 bridgehead atoms. The highest BCUT2D eigenvalue weighted by Gasteiger charge is 2.14. The van der Waals surface area contributed by atoms with E-state index in [4.69, 9.17) is 5.73 Å². The molecular weight excluding hydrogens is 269 g/mol. The Morgan fingerprint density at radius 2 is 2.37 bits per heavy atom. The summed E-state index contributed by atoms with van der Waals surface area (Å²) >= 11 is 1.45. The van der Waals surface area contributed by atoms with Gasteiger partial charge in [0.2, 0.25) is 0 Å². The van der Waals surface area contributed by atoms with Crippen LogP contribution in [0.15, 0.2) is 23.0 Å². The smallest absolute Gasteiger partial charge is 0.340 e. The molecule has 0 aliphatic carbocycles. The molecule has 100 valence electrons. The fourth-order valence-electron chi connectivity index (χ4n) is 1.52. The number of hydrogen-bond donors (Lipinski definition) is 2. The number of ether oxygens (including phenoxy) is 1. The van der Waals surface area contributed by atoms with Crippen molar-refractivity contribution in [2.45, 2.75) is 6.54 Å². The van der Waals surface area contributed by atoms with Gasteiger partial charge in [-0.1, -0.05) is 0 Å². The predicted molar refractivity (Wildman–Crippen MR) is 71.6 cm³/mol. The van der Waals surface area contributed by atoms with E-state index in [-0.39, 0.29) is 16.9 Å². The van der Waals surface area contributed by atoms with Gasteiger partial charge in [-0.3, -0.25) is 0 Å². The Balaban J connectivity index is 2.22. The molecule has 5 nitrogen and oxygen atoms in total. The summed E-state index contributed by atoms with van der Waals surface area (Å²) in [5.74, 6) is -1.13. The van der Waals surface area contributed by atoms with Crippen LogP contribution in [0.25, 0.3) is 0 Å². The average Bonchev–Trinajstić information content (AvgIpc) is 2.90. The number of carbonyl (C=O) groups is 1. The van der Waals surface area contributed by atoms with Gasteiger partial charge >= 0.3 is 5.97 Å². The zero-order valence-electron chi connectivity index (χ0n) is 10.1. The second kappa shape index (κ2) is 5.66. The molecule has 0 saturated heterocycles. The summed E-state index contributed by atoms with van der Waals surface area (Å²) in [6.45, 7) is 0.366. The normalized spacial score (nSPS) is 10.2. The molecular formula is C12H12FN3O2S. The van der Waals surface area contributed by atoms with Crippen molar-refractivity contribution >= 4 is 28.7 Å². The Morgan fingerprint density at radius 3 is 3.00 bits per heavy atom. The van der Waals surface area contributed by atoms with Gasteiger partial charge in [-0.2, -0.15) is 0 Å². The van der Waals surface area contributed by atoms with Crippen LogP contribution >= 0.6 is 11.3 Å². The topological polar surface area (TPSA) is 77.2 Å². The van der Waals surface area contributed by atoms with Crippen molar-refractivity contribution < 1.29 is 13.9 Å². The molecule has 3 N–H and O–H groups in total. The number of nitrogens with zero attached hydrogens (tertiary/aromatic N) is 1. The molecule has 1 heterocycles. The molecule has 0 unspecified atom stereocenters.